The van der Waals surface area contributed by atoms with Gasteiger partial charge in [-0.1, -0.05) is 13.8 Å². The number of halogens is 1. The van der Waals surface area contributed by atoms with Crippen LogP contribution in [0.2, 0.25) is 0 Å². The van der Waals surface area contributed by atoms with E-state index in [2.05, 4.69) is 24.5 Å². The van der Waals surface area contributed by atoms with Crippen LogP contribution in [0.5, 0.6) is 0 Å². The lowest BCUT2D eigenvalue weighted by Crippen LogP contribution is -2.11. The minimum atomic E-state index is -0.353. The van der Waals surface area contributed by atoms with Gasteiger partial charge in [-0.25, -0.2) is 4.39 Å². The summed E-state index contributed by atoms with van der Waals surface area (Å²) in [4.78, 5) is 12.0. The highest BCUT2D eigenvalue weighted by Crippen LogP contribution is 2.15. The van der Waals surface area contributed by atoms with E-state index in [1.165, 1.54) is 24.3 Å². The van der Waals surface area contributed by atoms with Gasteiger partial charge in [-0.2, -0.15) is 0 Å². The van der Waals surface area contributed by atoms with Crippen LogP contribution in [0.1, 0.15) is 30.6 Å². The first-order valence-electron chi connectivity index (χ1n) is 7.45. The second kappa shape index (κ2) is 7.59. The number of carbonyl (C=O) groups is 1. The molecule has 22 heavy (non-hydrogen) atoms. The summed E-state index contributed by atoms with van der Waals surface area (Å²) in [5.74, 6) is 0.0654. The fraction of sp³-hybridized carbons (Fsp3) is 0.278. The Morgan fingerprint density at radius 2 is 1.59 bits per heavy atom. The Balaban J connectivity index is 1.90. The molecule has 0 aliphatic heterocycles. The predicted octanol–water partition coefficient (Wildman–Crippen LogP) is 4.54. The van der Waals surface area contributed by atoms with Gasteiger partial charge in [0.15, 0.2) is 0 Å². The maximum Gasteiger partial charge on any atom is 0.255 e. The van der Waals surface area contributed by atoms with E-state index in [-0.39, 0.29) is 11.7 Å². The van der Waals surface area contributed by atoms with Crippen molar-refractivity contribution in [2.75, 3.05) is 17.2 Å². The molecule has 116 valence electrons. The second-order valence-corrected chi connectivity index (χ2v) is 5.65. The number of benzene rings is 2. The zero-order valence-electron chi connectivity index (χ0n) is 12.9. The van der Waals surface area contributed by atoms with Crippen LogP contribution in [-0.2, 0) is 0 Å². The Bertz CT molecular complexity index is 606. The first-order chi connectivity index (χ1) is 10.5. The highest BCUT2D eigenvalue weighted by molar-refractivity contribution is 6.04. The number of hydrogen-bond acceptors (Lipinski definition) is 2. The Morgan fingerprint density at radius 1 is 1.00 bits per heavy atom. The normalized spacial score (nSPS) is 10.5. The summed E-state index contributed by atoms with van der Waals surface area (Å²) < 4.78 is 12.8. The lowest BCUT2D eigenvalue weighted by Gasteiger charge is -2.10. The topological polar surface area (TPSA) is 41.1 Å². The van der Waals surface area contributed by atoms with Crippen molar-refractivity contribution in [3.63, 3.8) is 0 Å². The third-order valence-corrected chi connectivity index (χ3v) is 3.30. The molecule has 2 aromatic rings. The van der Waals surface area contributed by atoms with Crippen molar-refractivity contribution < 1.29 is 9.18 Å². The number of amides is 1. The van der Waals surface area contributed by atoms with Crippen molar-refractivity contribution >= 4 is 17.3 Å². The Labute approximate surface area is 130 Å². The molecule has 2 aromatic carbocycles. The van der Waals surface area contributed by atoms with Crippen LogP contribution < -0.4 is 10.6 Å². The summed E-state index contributed by atoms with van der Waals surface area (Å²) >= 11 is 0. The molecule has 0 saturated carbocycles. The molecule has 0 fully saturated rings. The predicted molar refractivity (Wildman–Crippen MR) is 88.7 cm³/mol. The summed E-state index contributed by atoms with van der Waals surface area (Å²) in [5.41, 5.74) is 2.17. The van der Waals surface area contributed by atoms with Crippen LogP contribution in [0, 0.1) is 11.7 Å². The van der Waals surface area contributed by atoms with E-state index in [4.69, 9.17) is 0 Å². The molecule has 0 spiro atoms. The van der Waals surface area contributed by atoms with Crippen molar-refractivity contribution in [3.05, 3.63) is 59.9 Å². The smallest absolute Gasteiger partial charge is 0.255 e. The monoisotopic (exact) mass is 300 g/mol. The molecule has 0 aliphatic carbocycles. The summed E-state index contributed by atoms with van der Waals surface area (Å²) in [6, 6.07) is 13.0. The molecular formula is C18H21FN2O. The quantitative estimate of drug-likeness (QED) is 0.822. The van der Waals surface area contributed by atoms with Crippen LogP contribution in [0.25, 0.3) is 0 Å². The standard InChI is InChI=1S/C18H21FN2O/c1-13(2)11-12-20-16-7-9-17(10-8-16)21-18(22)14-3-5-15(19)6-4-14/h3-10,13,20H,11-12H2,1-2H3,(H,21,22). The SMILES string of the molecule is CC(C)CCNc1ccc(NC(=O)c2ccc(F)cc2)cc1. The first-order valence-corrected chi connectivity index (χ1v) is 7.45. The van der Waals surface area contributed by atoms with Gasteiger partial charge in [-0.05, 0) is 60.9 Å². The highest BCUT2D eigenvalue weighted by Gasteiger charge is 2.06. The van der Waals surface area contributed by atoms with Gasteiger partial charge in [0.25, 0.3) is 5.91 Å². The average Bonchev–Trinajstić information content (AvgIpc) is 2.49. The van der Waals surface area contributed by atoms with Gasteiger partial charge in [0.1, 0.15) is 5.82 Å². The molecule has 0 radical (unpaired) electrons. The van der Waals surface area contributed by atoms with E-state index in [0.717, 1.165) is 18.7 Å². The molecule has 0 aromatic heterocycles. The van der Waals surface area contributed by atoms with E-state index >= 15 is 0 Å². The van der Waals surface area contributed by atoms with E-state index < -0.39 is 0 Å². The summed E-state index contributed by atoms with van der Waals surface area (Å²) in [7, 11) is 0. The van der Waals surface area contributed by atoms with Crippen molar-refractivity contribution in [2.24, 2.45) is 5.92 Å². The first kappa shape index (κ1) is 16.0. The van der Waals surface area contributed by atoms with Crippen LogP contribution in [0.4, 0.5) is 15.8 Å². The molecule has 0 atom stereocenters. The second-order valence-electron chi connectivity index (χ2n) is 5.65. The molecule has 0 aliphatic rings. The minimum absolute atomic E-state index is 0.250. The van der Waals surface area contributed by atoms with Crippen molar-refractivity contribution in [1.29, 1.82) is 0 Å². The van der Waals surface area contributed by atoms with Crippen LogP contribution >= 0.6 is 0 Å². The molecule has 3 nitrogen and oxygen atoms in total. The van der Waals surface area contributed by atoms with Gasteiger partial charge in [0.05, 0.1) is 0 Å². The van der Waals surface area contributed by atoms with Crippen molar-refractivity contribution in [3.8, 4) is 0 Å². The number of nitrogens with one attached hydrogen (secondary N) is 2. The highest BCUT2D eigenvalue weighted by atomic mass is 19.1. The van der Waals surface area contributed by atoms with E-state index in [1.54, 1.807) is 0 Å². The Kier molecular flexibility index (Phi) is 5.53. The molecule has 0 bridgehead atoms. The summed E-state index contributed by atoms with van der Waals surface area (Å²) in [6.07, 6.45) is 1.11. The summed E-state index contributed by atoms with van der Waals surface area (Å²) in [6.45, 7) is 5.31. The minimum Gasteiger partial charge on any atom is -0.385 e. The fourth-order valence-corrected chi connectivity index (χ4v) is 1.98. The van der Waals surface area contributed by atoms with Gasteiger partial charge in [0, 0.05) is 23.5 Å². The molecular weight excluding hydrogens is 279 g/mol. The zero-order valence-corrected chi connectivity index (χ0v) is 12.9. The van der Waals surface area contributed by atoms with Crippen LogP contribution in [-0.4, -0.2) is 12.5 Å². The number of rotatable bonds is 6. The third kappa shape index (κ3) is 4.88. The maximum absolute atomic E-state index is 12.8. The van der Waals surface area contributed by atoms with Gasteiger partial charge in [-0.3, -0.25) is 4.79 Å². The molecule has 4 heteroatoms. The van der Waals surface area contributed by atoms with E-state index in [1.807, 2.05) is 24.3 Å². The molecule has 0 heterocycles. The Hall–Kier alpha value is -2.36. The van der Waals surface area contributed by atoms with Crippen molar-refractivity contribution in [2.45, 2.75) is 20.3 Å². The Morgan fingerprint density at radius 3 is 2.18 bits per heavy atom. The summed E-state index contributed by atoms with van der Waals surface area (Å²) in [5, 5.41) is 6.13. The lowest BCUT2D eigenvalue weighted by atomic mass is 10.1. The van der Waals surface area contributed by atoms with Gasteiger partial charge in [-0.15, -0.1) is 0 Å². The van der Waals surface area contributed by atoms with E-state index in [0.29, 0.717) is 17.2 Å². The van der Waals surface area contributed by atoms with Gasteiger partial charge < -0.3 is 10.6 Å². The van der Waals surface area contributed by atoms with Crippen LogP contribution in [0.15, 0.2) is 48.5 Å². The average molecular weight is 300 g/mol. The molecule has 0 saturated heterocycles. The molecule has 2 rings (SSSR count). The zero-order chi connectivity index (χ0) is 15.9. The van der Waals surface area contributed by atoms with Crippen molar-refractivity contribution in [1.82, 2.24) is 0 Å². The van der Waals surface area contributed by atoms with Gasteiger partial charge in [0.2, 0.25) is 0 Å². The number of anilines is 2. The fourth-order valence-electron chi connectivity index (χ4n) is 1.98. The molecule has 0 unspecified atom stereocenters. The largest absolute Gasteiger partial charge is 0.385 e. The molecule has 2 N–H and O–H groups in total. The van der Waals surface area contributed by atoms with E-state index in [9.17, 15) is 9.18 Å². The lowest BCUT2D eigenvalue weighted by molar-refractivity contribution is 0.102. The van der Waals surface area contributed by atoms with Crippen LogP contribution in [0.3, 0.4) is 0 Å². The maximum atomic E-state index is 12.8. The number of carbonyl (C=O) groups excluding carboxylic acids is 1. The third-order valence-electron chi connectivity index (χ3n) is 3.30. The van der Waals surface area contributed by atoms with Gasteiger partial charge >= 0.3 is 0 Å². The number of hydrogen-bond donors (Lipinski definition) is 2. The molecule has 1 amide bonds.